The minimum Gasteiger partial charge on any atom is -0.466 e. The summed E-state index contributed by atoms with van der Waals surface area (Å²) in [4.78, 5) is 28.8. The predicted octanol–water partition coefficient (Wildman–Crippen LogP) is 4.09. The number of hydrogen-bond donors (Lipinski definition) is 1. The summed E-state index contributed by atoms with van der Waals surface area (Å²) in [5.74, 6) is -1.31. The molecule has 138 valence electrons. The molecule has 0 saturated heterocycles. The highest BCUT2D eigenvalue weighted by atomic mass is 32.2. The van der Waals surface area contributed by atoms with Crippen LogP contribution in [0.1, 0.15) is 0 Å². The molecule has 0 radical (unpaired) electrons. The highest BCUT2D eigenvalue weighted by Crippen LogP contribution is 2.34. The van der Waals surface area contributed by atoms with Crippen LogP contribution in [0.5, 0.6) is 0 Å². The van der Waals surface area contributed by atoms with E-state index < -0.39 is 11.9 Å². The molecule has 0 atom stereocenters. The van der Waals surface area contributed by atoms with Gasteiger partial charge in [-0.25, -0.2) is 14.6 Å². The number of esters is 2. The smallest absolute Gasteiger partial charge is 0.354 e. The van der Waals surface area contributed by atoms with Gasteiger partial charge in [0.15, 0.2) is 4.34 Å². The Morgan fingerprint density at radius 1 is 1.07 bits per heavy atom. The molecule has 0 aliphatic rings. The molecule has 0 amide bonds. The molecule has 27 heavy (non-hydrogen) atoms. The Balaban J connectivity index is 1.73. The number of methoxy groups -OCH3 is 2. The number of rotatable bonds is 6. The first kappa shape index (κ1) is 18.9. The van der Waals surface area contributed by atoms with Crippen LogP contribution in [0, 0.1) is 0 Å². The van der Waals surface area contributed by atoms with E-state index >= 15 is 0 Å². The van der Waals surface area contributed by atoms with Gasteiger partial charge in [-0.1, -0.05) is 23.9 Å². The van der Waals surface area contributed by atoms with Crippen LogP contribution in [0.2, 0.25) is 0 Å². The first-order valence-electron chi connectivity index (χ1n) is 7.87. The molecule has 0 spiro atoms. The van der Waals surface area contributed by atoms with Gasteiger partial charge in [0.25, 0.3) is 0 Å². The summed E-state index contributed by atoms with van der Waals surface area (Å²) in [5.41, 5.74) is 1.62. The number of hydrogen-bond acceptors (Lipinski definition) is 8. The number of carbonyl (C=O) groups is 2. The number of nitrogens with zero attached hydrogens (tertiary/aromatic N) is 1. The lowest BCUT2D eigenvalue weighted by Gasteiger charge is -2.09. The zero-order valence-corrected chi connectivity index (χ0v) is 16.2. The van der Waals surface area contributed by atoms with Crippen LogP contribution in [0.4, 0.5) is 5.69 Å². The molecule has 0 aliphatic heterocycles. The van der Waals surface area contributed by atoms with Gasteiger partial charge in [0.1, 0.15) is 5.70 Å². The largest absolute Gasteiger partial charge is 0.466 e. The lowest BCUT2D eigenvalue weighted by atomic mass is 10.3. The first-order valence-corrected chi connectivity index (χ1v) is 9.51. The van der Waals surface area contributed by atoms with Crippen LogP contribution in [0.25, 0.3) is 10.2 Å². The van der Waals surface area contributed by atoms with E-state index in [1.807, 2.05) is 48.5 Å². The van der Waals surface area contributed by atoms with Crippen LogP contribution in [-0.2, 0) is 19.1 Å². The third-order valence-corrected chi connectivity index (χ3v) is 5.59. The van der Waals surface area contributed by atoms with E-state index in [0.717, 1.165) is 25.5 Å². The van der Waals surface area contributed by atoms with Crippen molar-refractivity contribution in [3.05, 3.63) is 60.3 Å². The lowest BCUT2D eigenvalue weighted by Crippen LogP contribution is -2.15. The van der Waals surface area contributed by atoms with Gasteiger partial charge in [-0.2, -0.15) is 0 Å². The summed E-state index contributed by atoms with van der Waals surface area (Å²) < 4.78 is 11.3. The number of ether oxygens (including phenoxy) is 2. The monoisotopic (exact) mass is 400 g/mol. The predicted molar refractivity (Wildman–Crippen MR) is 106 cm³/mol. The van der Waals surface area contributed by atoms with Crippen LogP contribution in [0.3, 0.4) is 0 Å². The maximum Gasteiger partial charge on any atom is 0.354 e. The van der Waals surface area contributed by atoms with Crippen molar-refractivity contribution in [3.8, 4) is 0 Å². The second-order valence-corrected chi connectivity index (χ2v) is 7.62. The normalized spacial score (nSPS) is 11.3. The molecular formula is C19H16N2O4S2. The standard InChI is InChI=1S/C19H16N2O4S2/c1-24-17(22)11-15(18(23)25-2)20-12-7-9-13(10-8-12)26-19-21-14-5-3-4-6-16(14)27-19/h3-11,20H,1-2H3/b15-11+. The van der Waals surface area contributed by atoms with Crippen molar-refractivity contribution >= 4 is 50.9 Å². The van der Waals surface area contributed by atoms with Gasteiger partial charge in [0, 0.05) is 10.6 Å². The van der Waals surface area contributed by atoms with Gasteiger partial charge in [-0.15, -0.1) is 11.3 Å². The van der Waals surface area contributed by atoms with Crippen LogP contribution in [-0.4, -0.2) is 31.1 Å². The molecule has 3 aromatic rings. The van der Waals surface area contributed by atoms with Gasteiger partial charge < -0.3 is 14.8 Å². The summed E-state index contributed by atoms with van der Waals surface area (Å²) in [6.45, 7) is 0. The van der Waals surface area contributed by atoms with E-state index in [2.05, 4.69) is 19.8 Å². The lowest BCUT2D eigenvalue weighted by molar-refractivity contribution is -0.138. The minimum absolute atomic E-state index is 0.00377. The molecule has 0 saturated carbocycles. The van der Waals surface area contributed by atoms with Crippen molar-refractivity contribution < 1.29 is 19.1 Å². The quantitative estimate of drug-likeness (QED) is 0.493. The molecule has 8 heteroatoms. The number of carbonyl (C=O) groups excluding carboxylic acids is 2. The van der Waals surface area contributed by atoms with Gasteiger partial charge in [0.2, 0.25) is 0 Å². The summed E-state index contributed by atoms with van der Waals surface area (Å²) in [6.07, 6.45) is 1.05. The average Bonchev–Trinajstić information content (AvgIpc) is 3.10. The van der Waals surface area contributed by atoms with Crippen molar-refractivity contribution in [2.75, 3.05) is 19.5 Å². The number of thiazole rings is 1. The Kier molecular flexibility index (Phi) is 6.10. The number of anilines is 1. The maximum atomic E-state index is 11.8. The molecule has 0 bridgehead atoms. The van der Waals surface area contributed by atoms with E-state index in [4.69, 9.17) is 0 Å². The Hall–Kier alpha value is -2.84. The van der Waals surface area contributed by atoms with Gasteiger partial charge in [0.05, 0.1) is 30.5 Å². The van der Waals surface area contributed by atoms with Crippen LogP contribution in [0.15, 0.2) is 69.5 Å². The van der Waals surface area contributed by atoms with Crippen molar-refractivity contribution in [1.29, 1.82) is 0 Å². The van der Waals surface area contributed by atoms with E-state index in [1.54, 1.807) is 23.1 Å². The number of aromatic nitrogens is 1. The molecule has 1 heterocycles. The van der Waals surface area contributed by atoms with Crippen molar-refractivity contribution in [2.24, 2.45) is 0 Å². The summed E-state index contributed by atoms with van der Waals surface area (Å²) >= 11 is 3.20. The van der Waals surface area contributed by atoms with E-state index in [0.29, 0.717) is 5.69 Å². The SMILES string of the molecule is COC(=O)/C=C(/Nc1ccc(Sc2nc3ccccc3s2)cc1)C(=O)OC. The Bertz CT molecular complexity index is 963. The Morgan fingerprint density at radius 3 is 2.48 bits per heavy atom. The van der Waals surface area contributed by atoms with Crippen LogP contribution >= 0.6 is 23.1 Å². The van der Waals surface area contributed by atoms with E-state index in [1.165, 1.54) is 14.2 Å². The maximum absolute atomic E-state index is 11.8. The molecular weight excluding hydrogens is 384 g/mol. The van der Waals surface area contributed by atoms with E-state index in [-0.39, 0.29) is 5.70 Å². The number of para-hydroxylation sites is 1. The highest BCUT2D eigenvalue weighted by molar-refractivity contribution is 8.01. The molecule has 6 nitrogen and oxygen atoms in total. The first-order chi connectivity index (χ1) is 13.1. The van der Waals surface area contributed by atoms with Crippen molar-refractivity contribution in [3.63, 3.8) is 0 Å². The zero-order chi connectivity index (χ0) is 19.2. The fourth-order valence-electron chi connectivity index (χ4n) is 2.19. The fraction of sp³-hybridized carbons (Fsp3) is 0.105. The summed E-state index contributed by atoms with van der Waals surface area (Å²) in [6, 6.07) is 15.4. The molecule has 2 aromatic carbocycles. The third-order valence-electron chi connectivity index (χ3n) is 3.48. The van der Waals surface area contributed by atoms with E-state index in [9.17, 15) is 9.59 Å². The molecule has 0 fully saturated rings. The number of nitrogens with one attached hydrogen (secondary N) is 1. The minimum atomic E-state index is -0.659. The van der Waals surface area contributed by atoms with Crippen molar-refractivity contribution in [1.82, 2.24) is 4.98 Å². The summed E-state index contributed by atoms with van der Waals surface area (Å²) in [5, 5.41) is 2.87. The number of fused-ring (bicyclic) bond motifs is 1. The van der Waals surface area contributed by atoms with Crippen molar-refractivity contribution in [2.45, 2.75) is 9.24 Å². The Morgan fingerprint density at radius 2 is 1.81 bits per heavy atom. The third kappa shape index (κ3) is 4.87. The second-order valence-electron chi connectivity index (χ2n) is 5.27. The van der Waals surface area contributed by atoms with Gasteiger partial charge in [-0.05, 0) is 36.4 Å². The highest BCUT2D eigenvalue weighted by Gasteiger charge is 2.13. The topological polar surface area (TPSA) is 77.5 Å². The van der Waals surface area contributed by atoms with Crippen LogP contribution < -0.4 is 5.32 Å². The zero-order valence-electron chi connectivity index (χ0n) is 14.6. The summed E-state index contributed by atoms with van der Waals surface area (Å²) in [7, 11) is 2.48. The molecule has 3 rings (SSSR count). The fourth-order valence-corrected chi connectivity index (χ4v) is 4.23. The second kappa shape index (κ2) is 8.70. The average molecular weight is 400 g/mol. The molecule has 1 aromatic heterocycles. The van der Waals surface area contributed by atoms with Gasteiger partial charge >= 0.3 is 11.9 Å². The molecule has 1 N–H and O–H groups in total. The molecule has 0 unspecified atom stereocenters. The molecule has 0 aliphatic carbocycles. The van der Waals surface area contributed by atoms with Gasteiger partial charge in [-0.3, -0.25) is 0 Å². The number of benzene rings is 2. The Labute approximate surface area is 164 Å².